The Hall–Kier alpha value is -1.13. The molecular formula is C11H17ClN2O2. The van der Waals surface area contributed by atoms with Crippen LogP contribution in [0, 0.1) is 16.0 Å². The summed E-state index contributed by atoms with van der Waals surface area (Å²) >= 11 is 0. The average molecular weight is 245 g/mol. The van der Waals surface area contributed by atoms with Crippen LogP contribution < -0.4 is 5.73 Å². The van der Waals surface area contributed by atoms with Gasteiger partial charge in [-0.25, -0.2) is 0 Å². The molecule has 90 valence electrons. The highest BCUT2D eigenvalue weighted by molar-refractivity contribution is 5.85. The molecule has 16 heavy (non-hydrogen) atoms. The monoisotopic (exact) mass is 244 g/mol. The van der Waals surface area contributed by atoms with Gasteiger partial charge in [0, 0.05) is 18.2 Å². The van der Waals surface area contributed by atoms with Crippen molar-refractivity contribution >= 4 is 18.1 Å². The molecule has 0 bridgehead atoms. The Morgan fingerprint density at radius 2 is 2.12 bits per heavy atom. The van der Waals surface area contributed by atoms with E-state index in [2.05, 4.69) is 6.92 Å². The molecule has 0 aliphatic heterocycles. The summed E-state index contributed by atoms with van der Waals surface area (Å²) < 4.78 is 0. The van der Waals surface area contributed by atoms with Crippen molar-refractivity contribution in [3.63, 3.8) is 0 Å². The minimum Gasteiger partial charge on any atom is -0.324 e. The molecule has 0 aliphatic rings. The van der Waals surface area contributed by atoms with Crippen LogP contribution in [0.15, 0.2) is 24.3 Å². The van der Waals surface area contributed by atoms with Crippen LogP contribution >= 0.6 is 12.4 Å². The molecular weight excluding hydrogens is 228 g/mol. The molecule has 1 aromatic carbocycles. The first-order valence-corrected chi connectivity index (χ1v) is 5.06. The third-order valence-electron chi connectivity index (χ3n) is 2.72. The van der Waals surface area contributed by atoms with Crippen LogP contribution in [-0.2, 0) is 0 Å². The number of hydrogen-bond donors (Lipinski definition) is 1. The normalized spacial score (nSPS) is 13.7. The van der Waals surface area contributed by atoms with Gasteiger partial charge in [-0.05, 0) is 11.5 Å². The lowest BCUT2D eigenvalue weighted by atomic mass is 9.93. The molecule has 0 fully saturated rings. The molecule has 1 aromatic rings. The first-order valence-electron chi connectivity index (χ1n) is 5.06. The summed E-state index contributed by atoms with van der Waals surface area (Å²) in [6, 6.07) is 6.42. The van der Waals surface area contributed by atoms with Crippen molar-refractivity contribution in [3.05, 3.63) is 39.9 Å². The fourth-order valence-electron chi connectivity index (χ4n) is 1.43. The maximum atomic E-state index is 10.6. The van der Waals surface area contributed by atoms with E-state index in [9.17, 15) is 10.1 Å². The largest absolute Gasteiger partial charge is 0.324 e. The van der Waals surface area contributed by atoms with Gasteiger partial charge in [0.15, 0.2) is 0 Å². The van der Waals surface area contributed by atoms with Crippen molar-refractivity contribution in [3.8, 4) is 0 Å². The second-order valence-electron chi connectivity index (χ2n) is 3.76. The zero-order valence-corrected chi connectivity index (χ0v) is 10.2. The molecule has 0 radical (unpaired) electrons. The van der Waals surface area contributed by atoms with Crippen molar-refractivity contribution in [2.45, 2.75) is 26.3 Å². The van der Waals surface area contributed by atoms with Gasteiger partial charge < -0.3 is 5.73 Å². The quantitative estimate of drug-likeness (QED) is 0.654. The Balaban J connectivity index is 0.00000225. The van der Waals surface area contributed by atoms with Crippen molar-refractivity contribution in [2.75, 3.05) is 0 Å². The Kier molecular flexibility index (Phi) is 6.00. The molecule has 0 aliphatic carbocycles. The highest BCUT2D eigenvalue weighted by atomic mass is 35.5. The zero-order chi connectivity index (χ0) is 11.4. The number of benzene rings is 1. The molecule has 1 rings (SSSR count). The van der Waals surface area contributed by atoms with Crippen molar-refractivity contribution in [2.24, 2.45) is 11.7 Å². The van der Waals surface area contributed by atoms with Gasteiger partial charge >= 0.3 is 0 Å². The zero-order valence-electron chi connectivity index (χ0n) is 9.42. The lowest BCUT2D eigenvalue weighted by Gasteiger charge is -2.18. The topological polar surface area (TPSA) is 69.2 Å². The fraction of sp³-hybridized carbons (Fsp3) is 0.455. The molecule has 0 heterocycles. The van der Waals surface area contributed by atoms with Gasteiger partial charge in [-0.3, -0.25) is 10.1 Å². The third-order valence-corrected chi connectivity index (χ3v) is 2.72. The molecule has 0 spiro atoms. The summed E-state index contributed by atoms with van der Waals surface area (Å²) in [6.45, 7) is 4.10. The van der Waals surface area contributed by atoms with Gasteiger partial charge in [0.05, 0.1) is 4.92 Å². The minimum atomic E-state index is -0.396. The van der Waals surface area contributed by atoms with Gasteiger partial charge in [0.1, 0.15) is 0 Å². The fourth-order valence-corrected chi connectivity index (χ4v) is 1.43. The van der Waals surface area contributed by atoms with Crippen LogP contribution in [0.4, 0.5) is 5.69 Å². The van der Waals surface area contributed by atoms with Gasteiger partial charge in [-0.1, -0.05) is 32.4 Å². The van der Waals surface area contributed by atoms with E-state index in [4.69, 9.17) is 5.73 Å². The number of rotatable bonds is 4. The van der Waals surface area contributed by atoms with Crippen LogP contribution in [0.1, 0.15) is 31.9 Å². The maximum Gasteiger partial charge on any atom is 0.269 e. The summed E-state index contributed by atoms with van der Waals surface area (Å²) in [4.78, 5) is 10.2. The number of nitrogens with zero attached hydrogens (tertiary/aromatic N) is 1. The van der Waals surface area contributed by atoms with Crippen LogP contribution in [0.2, 0.25) is 0 Å². The Morgan fingerprint density at radius 3 is 2.62 bits per heavy atom. The van der Waals surface area contributed by atoms with E-state index in [-0.39, 0.29) is 24.1 Å². The van der Waals surface area contributed by atoms with E-state index in [1.54, 1.807) is 12.1 Å². The highest BCUT2D eigenvalue weighted by Gasteiger charge is 2.15. The molecule has 0 saturated carbocycles. The van der Waals surface area contributed by atoms with E-state index in [1.807, 2.05) is 13.0 Å². The number of hydrogen-bond acceptors (Lipinski definition) is 3. The smallest absolute Gasteiger partial charge is 0.269 e. The summed E-state index contributed by atoms with van der Waals surface area (Å²) in [5.74, 6) is 0.326. The summed E-state index contributed by atoms with van der Waals surface area (Å²) in [7, 11) is 0. The van der Waals surface area contributed by atoms with E-state index in [1.165, 1.54) is 6.07 Å². The first kappa shape index (κ1) is 14.9. The number of nitro groups is 1. The first-order chi connectivity index (χ1) is 7.06. The van der Waals surface area contributed by atoms with Crippen LogP contribution in [0.3, 0.4) is 0 Å². The van der Waals surface area contributed by atoms with Crippen molar-refractivity contribution in [1.82, 2.24) is 0 Å². The Bertz CT molecular complexity index is 358. The van der Waals surface area contributed by atoms with Gasteiger partial charge in [-0.2, -0.15) is 0 Å². The number of nitrogens with two attached hydrogens (primary N) is 1. The van der Waals surface area contributed by atoms with Crippen molar-refractivity contribution in [1.29, 1.82) is 0 Å². The Labute approximate surface area is 101 Å². The standard InChI is InChI=1S/C11H16N2O2.ClH/c1-3-8(2)11(12)9-5-4-6-10(7-9)13(14)15;/h4-8,11H,3,12H2,1-2H3;1H/t8?,11-;/m1./s1. The summed E-state index contributed by atoms with van der Waals surface area (Å²) in [5, 5.41) is 10.6. The van der Waals surface area contributed by atoms with Gasteiger partial charge in [0.2, 0.25) is 0 Å². The molecule has 1 unspecified atom stereocenters. The molecule has 0 saturated heterocycles. The number of halogens is 1. The lowest BCUT2D eigenvalue weighted by molar-refractivity contribution is -0.384. The van der Waals surface area contributed by atoms with E-state index >= 15 is 0 Å². The molecule has 2 atom stereocenters. The highest BCUT2D eigenvalue weighted by Crippen LogP contribution is 2.24. The molecule has 2 N–H and O–H groups in total. The molecule has 0 amide bonds. The van der Waals surface area contributed by atoms with E-state index in [0.29, 0.717) is 5.92 Å². The molecule has 0 aromatic heterocycles. The maximum absolute atomic E-state index is 10.6. The minimum absolute atomic E-state index is 0. The Morgan fingerprint density at radius 1 is 1.50 bits per heavy atom. The van der Waals surface area contributed by atoms with Gasteiger partial charge in [-0.15, -0.1) is 12.4 Å². The predicted molar refractivity (Wildman–Crippen MR) is 66.7 cm³/mol. The van der Waals surface area contributed by atoms with E-state index in [0.717, 1.165) is 12.0 Å². The average Bonchev–Trinajstić information content (AvgIpc) is 2.27. The SMILES string of the molecule is CCC(C)[C@@H](N)c1cccc([N+](=O)[O-])c1.Cl. The molecule has 4 nitrogen and oxygen atoms in total. The second kappa shape index (κ2) is 6.45. The summed E-state index contributed by atoms with van der Waals surface area (Å²) in [5.41, 5.74) is 6.93. The van der Waals surface area contributed by atoms with Crippen LogP contribution in [-0.4, -0.2) is 4.92 Å². The summed E-state index contributed by atoms with van der Waals surface area (Å²) in [6.07, 6.45) is 0.962. The van der Waals surface area contributed by atoms with Gasteiger partial charge in [0.25, 0.3) is 5.69 Å². The number of non-ortho nitro benzene ring substituents is 1. The predicted octanol–water partition coefficient (Wildman–Crippen LogP) is 3.06. The second-order valence-corrected chi connectivity index (χ2v) is 3.76. The van der Waals surface area contributed by atoms with Crippen molar-refractivity contribution < 1.29 is 4.92 Å². The van der Waals surface area contributed by atoms with E-state index < -0.39 is 4.92 Å². The number of nitro benzene ring substituents is 1. The van der Waals surface area contributed by atoms with Crippen LogP contribution in [0.5, 0.6) is 0 Å². The third kappa shape index (κ3) is 3.47. The van der Waals surface area contributed by atoms with Crippen LogP contribution in [0.25, 0.3) is 0 Å². The molecule has 5 heteroatoms. The lowest BCUT2D eigenvalue weighted by Crippen LogP contribution is -2.18.